The van der Waals surface area contributed by atoms with Gasteiger partial charge in [-0.15, -0.1) is 20.4 Å². The number of hydrazine groups is 2. The van der Waals surface area contributed by atoms with Crippen molar-refractivity contribution in [2.75, 3.05) is 19.7 Å². The van der Waals surface area contributed by atoms with Crippen molar-refractivity contribution < 1.29 is 72.0 Å². The molecule has 6 aromatic rings. The van der Waals surface area contributed by atoms with Gasteiger partial charge in [-0.3, -0.25) is 16.1 Å². The van der Waals surface area contributed by atoms with Gasteiger partial charge in [0.2, 0.25) is 5.82 Å². The first-order valence-electron chi connectivity index (χ1n) is 18.9. The number of tetrazole rings is 2. The van der Waals surface area contributed by atoms with Crippen LogP contribution in [0.1, 0.15) is 39.3 Å². The van der Waals surface area contributed by atoms with Crippen LogP contribution in [-0.2, 0) is 41.5 Å². The number of esters is 1. The summed E-state index contributed by atoms with van der Waals surface area (Å²) in [4.78, 5) is 46.8. The molecule has 6 N–H and O–H groups in total. The first-order valence-corrected chi connectivity index (χ1v) is 19.7. The van der Waals surface area contributed by atoms with E-state index >= 15 is 0 Å². The standard InChI is InChI=1S/C19H18ClFN6O4.C18H20ClFN2O3.C3H4N4O2.Li/c1-26-23-17(22-25-26)18(29)24-27(10-16(28)19(30)31)9-11-2-4-12(5-3-11)14-8-13(20)6-7-15(14)21;1-2-25-18(24)17(23)11-22(21)10-12-3-5-13(6-4-12)15-9-14(19)7-8-16(15)20;1-7-5-2(3(8)9)4-6-7;/h2-8,16,28H,9-10H2,1H3,(H,24,29)(H,30,31);3-9,17,23H,2,10-11,21H2,1H3;1H3,(H,8,9);/q;;;+1/p-1/t16-;17-;;/m11../s1. The molecule has 0 radical (unpaired) electrons. The summed E-state index contributed by atoms with van der Waals surface area (Å²) in [6.07, 6.45) is -3.04. The van der Waals surface area contributed by atoms with Gasteiger partial charge in [0.15, 0.2) is 12.2 Å². The van der Waals surface area contributed by atoms with E-state index in [-0.39, 0.29) is 50.2 Å². The van der Waals surface area contributed by atoms with E-state index in [0.717, 1.165) is 15.2 Å². The van der Waals surface area contributed by atoms with E-state index in [2.05, 4.69) is 36.2 Å². The predicted molar refractivity (Wildman–Crippen MR) is 224 cm³/mol. The van der Waals surface area contributed by atoms with Crippen LogP contribution >= 0.6 is 23.2 Å². The minimum atomic E-state index is -1.74. The first-order chi connectivity index (χ1) is 30.8. The normalized spacial score (nSPS) is 11.6. The summed E-state index contributed by atoms with van der Waals surface area (Å²) in [5, 5.41) is 62.4. The van der Waals surface area contributed by atoms with Gasteiger partial charge in [0, 0.05) is 34.3 Å². The Bertz CT molecular complexity index is 2560. The van der Waals surface area contributed by atoms with Crippen LogP contribution in [0.2, 0.25) is 10.0 Å². The third-order valence-electron chi connectivity index (χ3n) is 8.45. The quantitative estimate of drug-likeness (QED) is 0.0322. The number of aromatic carboxylic acids is 1. The first kappa shape index (κ1) is 54.1. The van der Waals surface area contributed by atoms with Gasteiger partial charge in [-0.05, 0) is 76.0 Å². The number of nitrogens with two attached hydrogens (primary N) is 1. The fourth-order valence-electron chi connectivity index (χ4n) is 5.44. The Morgan fingerprint density at radius 3 is 1.65 bits per heavy atom. The summed E-state index contributed by atoms with van der Waals surface area (Å²) in [5.74, 6) is 0.159. The Kier molecular flexibility index (Phi) is 21.3. The van der Waals surface area contributed by atoms with Crippen LogP contribution in [0.25, 0.3) is 22.3 Å². The van der Waals surface area contributed by atoms with E-state index in [9.17, 15) is 43.3 Å². The zero-order valence-corrected chi connectivity index (χ0v) is 37.1. The van der Waals surface area contributed by atoms with Crippen molar-refractivity contribution in [3.05, 3.63) is 129 Å². The summed E-state index contributed by atoms with van der Waals surface area (Å²) in [6.45, 7) is 1.77. The van der Waals surface area contributed by atoms with Gasteiger partial charge in [-0.2, -0.15) is 9.59 Å². The number of benzene rings is 4. The number of aliphatic hydroxyl groups is 2. The molecule has 4 aromatic carbocycles. The van der Waals surface area contributed by atoms with Crippen molar-refractivity contribution in [2.24, 2.45) is 19.9 Å². The number of amides is 1. The number of carbonyl (C=O) groups is 4. The van der Waals surface area contributed by atoms with E-state index < -0.39 is 54.2 Å². The fraction of sp³-hybridized carbons (Fsp3) is 0.250. The topological polar surface area (TPSA) is 293 Å². The average molecular weight is 950 g/mol. The monoisotopic (exact) mass is 948 g/mol. The maximum Gasteiger partial charge on any atom is 1.00 e. The number of carboxylic acid groups (broad SMARTS) is 2. The number of aromatic nitrogens is 8. The molecule has 6 rings (SSSR count). The molecule has 2 atom stereocenters. The van der Waals surface area contributed by atoms with Gasteiger partial charge in [-0.25, -0.2) is 28.4 Å². The molecule has 21 nitrogen and oxygen atoms in total. The number of carboxylic acids is 2. The van der Waals surface area contributed by atoms with Crippen LogP contribution in [0.4, 0.5) is 8.78 Å². The molecule has 26 heteroatoms. The third-order valence-corrected chi connectivity index (χ3v) is 8.92. The number of hydrogen-bond acceptors (Lipinski definition) is 17. The molecular formula is C40H41Cl2F2LiN12O9. The van der Waals surface area contributed by atoms with E-state index in [4.69, 9.17) is 38.9 Å². The second-order valence-corrected chi connectivity index (χ2v) is 14.4. The molecule has 0 bridgehead atoms. The SMILES string of the molecule is CCOC(=O)[C@H](O)CN(N)Cc1ccc(-c2cc(Cl)ccc2F)cc1.Cn1nnc(C(=O)NN(Cc2ccc(-c3cc(Cl)ccc3F)cc2)C[C@@H](O)C(=O)O)n1.Cn1nnc(C(=O)[O-])n1.[Li+]. The molecule has 0 unspecified atom stereocenters. The number of nitrogens with zero attached hydrogens (tertiary/aromatic N) is 10. The zero-order valence-electron chi connectivity index (χ0n) is 35.6. The molecule has 1 amide bonds. The van der Waals surface area contributed by atoms with Gasteiger partial charge in [0.1, 0.15) is 17.6 Å². The number of rotatable bonds is 16. The summed E-state index contributed by atoms with van der Waals surface area (Å²) in [6, 6.07) is 22.4. The van der Waals surface area contributed by atoms with Crippen molar-refractivity contribution in [3.63, 3.8) is 0 Å². The maximum atomic E-state index is 14.1. The molecule has 0 saturated carbocycles. The van der Waals surface area contributed by atoms with Crippen LogP contribution in [0, 0.1) is 11.6 Å². The van der Waals surface area contributed by atoms with Crippen molar-refractivity contribution in [1.82, 2.24) is 55.9 Å². The summed E-state index contributed by atoms with van der Waals surface area (Å²) < 4.78 is 32.7. The Hall–Kier alpha value is -6.26. The molecule has 0 aliphatic heterocycles. The van der Waals surface area contributed by atoms with Crippen molar-refractivity contribution >= 4 is 47.0 Å². The second kappa shape index (κ2) is 26.0. The zero-order chi connectivity index (χ0) is 47.8. The van der Waals surface area contributed by atoms with Crippen molar-refractivity contribution in [1.29, 1.82) is 0 Å². The third kappa shape index (κ3) is 16.9. The number of halogens is 4. The molecule has 0 fully saturated rings. The predicted octanol–water partition coefficient (Wildman–Crippen LogP) is -1.41. The molecule has 344 valence electrons. The van der Waals surface area contributed by atoms with E-state index in [1.807, 2.05) is 0 Å². The molecule has 66 heavy (non-hydrogen) atoms. The van der Waals surface area contributed by atoms with Crippen LogP contribution in [0.3, 0.4) is 0 Å². The summed E-state index contributed by atoms with van der Waals surface area (Å²) >= 11 is 11.9. The molecule has 0 saturated heterocycles. The number of nitrogens with one attached hydrogen (secondary N) is 1. The molecule has 2 aromatic heterocycles. The number of ether oxygens (including phenoxy) is 1. The number of aliphatic hydroxyl groups excluding tert-OH is 2. The van der Waals surface area contributed by atoms with Crippen LogP contribution in [0.5, 0.6) is 0 Å². The van der Waals surface area contributed by atoms with E-state index in [0.29, 0.717) is 44.4 Å². The van der Waals surface area contributed by atoms with Crippen molar-refractivity contribution in [3.8, 4) is 22.3 Å². The van der Waals surface area contributed by atoms with Crippen LogP contribution in [0.15, 0.2) is 84.9 Å². The van der Waals surface area contributed by atoms with Crippen LogP contribution in [-0.4, -0.2) is 121 Å². The fourth-order valence-corrected chi connectivity index (χ4v) is 5.79. The molecule has 0 aliphatic rings. The average Bonchev–Trinajstić information content (AvgIpc) is 3.92. The minimum Gasteiger partial charge on any atom is -0.541 e. The van der Waals surface area contributed by atoms with Gasteiger partial charge in [0.05, 0.1) is 33.8 Å². The van der Waals surface area contributed by atoms with Crippen molar-refractivity contribution in [2.45, 2.75) is 32.2 Å². The summed E-state index contributed by atoms with van der Waals surface area (Å²) in [5.41, 5.74) is 6.01. The Balaban J connectivity index is 0.000000295. The van der Waals surface area contributed by atoms with Crippen LogP contribution < -0.4 is 35.2 Å². The van der Waals surface area contributed by atoms with Gasteiger partial charge >= 0.3 is 36.7 Å². The number of carbonyl (C=O) groups excluding carboxylic acids is 3. The molecule has 0 spiro atoms. The molecule has 2 heterocycles. The minimum absolute atomic E-state index is 0. The van der Waals surface area contributed by atoms with Gasteiger partial charge in [0.25, 0.3) is 5.82 Å². The number of aliphatic carboxylic acids is 1. The molecular weight excluding hydrogens is 908 g/mol. The second-order valence-electron chi connectivity index (χ2n) is 13.5. The Labute approximate surface area is 396 Å². The summed E-state index contributed by atoms with van der Waals surface area (Å²) in [7, 11) is 2.96. The van der Waals surface area contributed by atoms with Gasteiger partial charge < -0.3 is 30.0 Å². The molecule has 0 aliphatic carbocycles. The maximum absolute atomic E-state index is 14.1. The smallest absolute Gasteiger partial charge is 0.541 e. The van der Waals surface area contributed by atoms with E-state index in [1.54, 1.807) is 61.5 Å². The van der Waals surface area contributed by atoms with E-state index in [1.165, 1.54) is 54.4 Å². The Morgan fingerprint density at radius 2 is 1.24 bits per heavy atom. The Morgan fingerprint density at radius 1 is 0.773 bits per heavy atom. The number of hydrogen-bond donors (Lipinski definition) is 5. The largest absolute Gasteiger partial charge is 1.00 e. The van der Waals surface area contributed by atoms with Gasteiger partial charge in [-0.1, -0.05) is 71.7 Å². The number of aryl methyl sites for hydroxylation is 2.